The summed E-state index contributed by atoms with van der Waals surface area (Å²) in [7, 11) is 0. The fraction of sp³-hybridized carbons (Fsp3) is 0.658. The third kappa shape index (κ3) is 64.3. The number of carbonyl (C=O) groups excluding carboxylic acids is 3. The number of unbranched alkanes of at least 4 members (excludes halogenated alkanes) is 25. The summed E-state index contributed by atoms with van der Waals surface area (Å²) in [5.41, 5.74) is 0. The number of carbonyl (C=O) groups is 3. The van der Waals surface area contributed by atoms with Crippen molar-refractivity contribution in [2.75, 3.05) is 13.2 Å². The van der Waals surface area contributed by atoms with E-state index in [1.807, 2.05) is 0 Å². The maximum atomic E-state index is 12.9. The maximum absolute atomic E-state index is 12.9. The molecular weight excluding hydrogens is 973 g/mol. The number of hydrogen-bond donors (Lipinski definition) is 0. The zero-order chi connectivity index (χ0) is 57.1. The van der Waals surface area contributed by atoms with Crippen molar-refractivity contribution in [2.24, 2.45) is 0 Å². The van der Waals surface area contributed by atoms with Crippen LogP contribution in [0.2, 0.25) is 0 Å². The number of rotatable bonds is 58. The van der Waals surface area contributed by atoms with Gasteiger partial charge in [0.2, 0.25) is 0 Å². The van der Waals surface area contributed by atoms with Gasteiger partial charge in [-0.3, -0.25) is 14.4 Å². The Morgan fingerprint density at radius 3 is 0.823 bits per heavy atom. The first-order valence-corrected chi connectivity index (χ1v) is 32.7. The SMILES string of the molecule is CC/C=C\C/C=C\C/C=C\C/C=C\C/C=C\C/C=C\C/C=C\C/C=C\CCCCCCCCCCCCC(=O)OCC(COC(=O)CCCCCCC/C=C\CCCCC)OC(=O)CCCCCCC/C=C\C/C=C\CCCC. The van der Waals surface area contributed by atoms with E-state index in [-0.39, 0.29) is 31.1 Å². The monoisotopic (exact) mass is 1090 g/mol. The van der Waals surface area contributed by atoms with Crippen molar-refractivity contribution < 1.29 is 28.6 Å². The van der Waals surface area contributed by atoms with Crippen molar-refractivity contribution in [3.63, 3.8) is 0 Å². The normalized spacial score (nSPS) is 13.0. The lowest BCUT2D eigenvalue weighted by Crippen LogP contribution is -2.30. The van der Waals surface area contributed by atoms with Crippen molar-refractivity contribution in [2.45, 2.75) is 297 Å². The minimum absolute atomic E-state index is 0.0904. The van der Waals surface area contributed by atoms with Gasteiger partial charge in [0.1, 0.15) is 13.2 Å². The molecule has 0 rings (SSSR count). The van der Waals surface area contributed by atoms with Gasteiger partial charge in [-0.25, -0.2) is 0 Å². The van der Waals surface area contributed by atoms with Crippen LogP contribution < -0.4 is 0 Å². The third-order valence-corrected chi connectivity index (χ3v) is 13.6. The highest BCUT2D eigenvalue weighted by Crippen LogP contribution is 2.15. The average molecular weight is 1090 g/mol. The molecule has 0 amide bonds. The van der Waals surface area contributed by atoms with Crippen molar-refractivity contribution in [3.05, 3.63) is 134 Å². The summed E-state index contributed by atoms with van der Waals surface area (Å²) in [4.78, 5) is 38.2. The fourth-order valence-electron chi connectivity index (χ4n) is 8.70. The van der Waals surface area contributed by atoms with E-state index in [0.29, 0.717) is 19.3 Å². The first-order valence-electron chi connectivity index (χ1n) is 32.7. The Bertz CT molecular complexity index is 1680. The van der Waals surface area contributed by atoms with E-state index >= 15 is 0 Å². The zero-order valence-electron chi connectivity index (χ0n) is 51.3. The molecule has 0 aliphatic heterocycles. The lowest BCUT2D eigenvalue weighted by molar-refractivity contribution is -0.167. The highest BCUT2D eigenvalue weighted by molar-refractivity contribution is 5.71. The van der Waals surface area contributed by atoms with Crippen LogP contribution in [-0.2, 0) is 28.6 Å². The summed E-state index contributed by atoms with van der Waals surface area (Å²) < 4.78 is 16.9. The maximum Gasteiger partial charge on any atom is 0.306 e. The number of ether oxygens (including phenoxy) is 3. The summed E-state index contributed by atoms with van der Waals surface area (Å²) in [6, 6.07) is 0. The molecule has 1 unspecified atom stereocenters. The summed E-state index contributed by atoms with van der Waals surface area (Å²) in [5.74, 6) is -0.916. The van der Waals surface area contributed by atoms with Gasteiger partial charge in [-0.05, 0) is 135 Å². The van der Waals surface area contributed by atoms with Gasteiger partial charge in [0.25, 0.3) is 0 Å². The second kappa shape index (κ2) is 66.1. The van der Waals surface area contributed by atoms with Crippen LogP contribution in [-0.4, -0.2) is 37.2 Å². The van der Waals surface area contributed by atoms with E-state index in [4.69, 9.17) is 14.2 Å². The summed E-state index contributed by atoms with van der Waals surface area (Å²) in [5, 5.41) is 0. The van der Waals surface area contributed by atoms with Gasteiger partial charge >= 0.3 is 17.9 Å². The smallest absolute Gasteiger partial charge is 0.306 e. The molecule has 0 spiro atoms. The van der Waals surface area contributed by atoms with E-state index in [1.54, 1.807) is 0 Å². The second-order valence-electron chi connectivity index (χ2n) is 21.3. The summed E-state index contributed by atoms with van der Waals surface area (Å²) in [6.45, 7) is 6.44. The molecule has 0 bridgehead atoms. The molecule has 0 heterocycles. The number of esters is 3. The Morgan fingerprint density at radius 2 is 0.506 bits per heavy atom. The highest BCUT2D eigenvalue weighted by Gasteiger charge is 2.19. The predicted octanol–water partition coefficient (Wildman–Crippen LogP) is 22.5. The largest absolute Gasteiger partial charge is 0.462 e. The second-order valence-corrected chi connectivity index (χ2v) is 21.3. The minimum atomic E-state index is -0.793. The molecule has 0 aromatic carbocycles. The van der Waals surface area contributed by atoms with Gasteiger partial charge in [0.05, 0.1) is 0 Å². The molecule has 6 heteroatoms. The van der Waals surface area contributed by atoms with Crippen LogP contribution in [0.3, 0.4) is 0 Å². The topological polar surface area (TPSA) is 78.9 Å². The lowest BCUT2D eigenvalue weighted by atomic mass is 10.1. The Hall–Kier alpha value is -4.45. The van der Waals surface area contributed by atoms with Crippen LogP contribution in [0.25, 0.3) is 0 Å². The van der Waals surface area contributed by atoms with Gasteiger partial charge in [0.15, 0.2) is 6.10 Å². The molecule has 0 aromatic heterocycles. The molecule has 0 saturated heterocycles. The number of hydrogen-bond acceptors (Lipinski definition) is 6. The van der Waals surface area contributed by atoms with Crippen LogP contribution in [0.15, 0.2) is 134 Å². The first kappa shape index (κ1) is 74.5. The molecule has 0 aliphatic carbocycles. The highest BCUT2D eigenvalue weighted by atomic mass is 16.6. The first-order chi connectivity index (χ1) is 39.0. The summed E-state index contributed by atoms with van der Waals surface area (Å²) in [6.07, 6.45) is 93.2. The zero-order valence-corrected chi connectivity index (χ0v) is 51.3. The van der Waals surface area contributed by atoms with E-state index in [2.05, 4.69) is 154 Å². The molecule has 79 heavy (non-hydrogen) atoms. The third-order valence-electron chi connectivity index (χ3n) is 13.6. The average Bonchev–Trinajstić information content (AvgIpc) is 3.45. The Morgan fingerprint density at radius 1 is 0.266 bits per heavy atom. The van der Waals surface area contributed by atoms with E-state index in [9.17, 15) is 14.4 Å². The van der Waals surface area contributed by atoms with E-state index < -0.39 is 6.10 Å². The van der Waals surface area contributed by atoms with E-state index in [0.717, 1.165) is 148 Å². The van der Waals surface area contributed by atoms with Gasteiger partial charge in [-0.2, -0.15) is 0 Å². The molecule has 0 radical (unpaired) electrons. The Kier molecular flexibility index (Phi) is 62.3. The van der Waals surface area contributed by atoms with Crippen LogP contribution in [0.4, 0.5) is 0 Å². The van der Waals surface area contributed by atoms with Crippen molar-refractivity contribution >= 4 is 17.9 Å². The van der Waals surface area contributed by atoms with E-state index in [1.165, 1.54) is 103 Å². The van der Waals surface area contributed by atoms with Crippen LogP contribution in [0.1, 0.15) is 290 Å². The Balaban J connectivity index is 4.21. The number of allylic oxidation sites excluding steroid dienone is 22. The van der Waals surface area contributed by atoms with Crippen LogP contribution in [0.5, 0.6) is 0 Å². The molecule has 448 valence electrons. The van der Waals surface area contributed by atoms with Crippen LogP contribution >= 0.6 is 0 Å². The van der Waals surface area contributed by atoms with Crippen molar-refractivity contribution in [1.82, 2.24) is 0 Å². The van der Waals surface area contributed by atoms with Gasteiger partial charge in [-0.1, -0.05) is 270 Å². The molecule has 6 nitrogen and oxygen atoms in total. The molecule has 0 aliphatic rings. The minimum Gasteiger partial charge on any atom is -0.462 e. The molecule has 0 aromatic rings. The summed E-state index contributed by atoms with van der Waals surface area (Å²) >= 11 is 0. The van der Waals surface area contributed by atoms with Crippen molar-refractivity contribution in [1.29, 1.82) is 0 Å². The lowest BCUT2D eigenvalue weighted by Gasteiger charge is -2.18. The van der Waals surface area contributed by atoms with Gasteiger partial charge in [0, 0.05) is 19.3 Å². The molecule has 0 N–H and O–H groups in total. The Labute approximate surface area is 487 Å². The predicted molar refractivity (Wildman–Crippen MR) is 343 cm³/mol. The van der Waals surface area contributed by atoms with Crippen molar-refractivity contribution in [3.8, 4) is 0 Å². The molecule has 0 fully saturated rings. The van der Waals surface area contributed by atoms with Gasteiger partial charge < -0.3 is 14.2 Å². The van der Waals surface area contributed by atoms with Crippen LogP contribution in [0, 0.1) is 0 Å². The molecule has 1 atom stereocenters. The fourth-order valence-corrected chi connectivity index (χ4v) is 8.70. The standard InChI is InChI=1S/C73H120O6/c1-4-7-10-13-16-19-22-25-27-28-29-30-31-32-33-34-35-36-37-38-39-40-41-42-43-44-45-46-47-49-51-54-57-60-63-66-72(75)78-69-70(68-77-71(74)65-62-59-56-53-50-24-21-18-15-12-9-6-3)79-73(76)67-64-61-58-55-52-48-26-23-20-17-14-11-8-5-2/h7,10,14,16-19,21,23,25-27,29-30,32-33,35-36,38-39,41-42,70H,4-6,8-9,11-13,15,20,22,24,28,31,34,37,40,43-69H2,1-3H3/b10-7-,17-14-,19-16-,21-18-,26-23-,27-25-,30-29-,33-32-,36-35-,39-38-,42-41-. The molecule has 0 saturated carbocycles. The molecular formula is C73H120O6. The van der Waals surface area contributed by atoms with Gasteiger partial charge in [-0.15, -0.1) is 0 Å². The quantitative estimate of drug-likeness (QED) is 0.0261.